The fourth-order valence-electron chi connectivity index (χ4n) is 4.13. The third-order valence-corrected chi connectivity index (χ3v) is 5.61. The van der Waals surface area contributed by atoms with Crippen molar-refractivity contribution in [1.82, 2.24) is 20.4 Å². The Morgan fingerprint density at radius 1 is 0.700 bits per heavy atom. The minimum absolute atomic E-state index is 0.0264. The molecule has 2 heterocycles. The lowest BCUT2D eigenvalue weighted by Crippen LogP contribution is -2.50. The minimum atomic E-state index is -0.549. The molecule has 2 atom stereocenters. The van der Waals surface area contributed by atoms with Gasteiger partial charge in [-0.05, 0) is 24.0 Å². The van der Waals surface area contributed by atoms with Crippen LogP contribution in [-0.4, -0.2) is 40.7 Å². The molecule has 1 unspecified atom stereocenters. The number of carbonyl (C=O) groups excluding carboxylic acids is 3. The van der Waals surface area contributed by atoms with Gasteiger partial charge in [0, 0.05) is 25.9 Å². The highest BCUT2D eigenvalue weighted by Crippen LogP contribution is 2.26. The molecule has 0 aliphatic carbocycles. The van der Waals surface area contributed by atoms with Gasteiger partial charge in [0.05, 0.1) is 0 Å². The number of likely N-dealkylation sites (tertiary alicyclic amines) is 2. The van der Waals surface area contributed by atoms with Gasteiger partial charge >= 0.3 is 6.03 Å². The fraction of sp³-hybridized carbons (Fsp3) is 0.348. The number of rotatable bonds is 6. The van der Waals surface area contributed by atoms with E-state index in [0.29, 0.717) is 25.9 Å². The van der Waals surface area contributed by atoms with Gasteiger partial charge in [-0.25, -0.2) is 4.79 Å². The van der Waals surface area contributed by atoms with E-state index in [2.05, 4.69) is 10.6 Å². The van der Waals surface area contributed by atoms with Crippen molar-refractivity contribution in [3.63, 3.8) is 0 Å². The Hall–Kier alpha value is -3.35. The lowest BCUT2D eigenvalue weighted by molar-refractivity contribution is -0.130. The van der Waals surface area contributed by atoms with E-state index in [4.69, 9.17) is 0 Å². The van der Waals surface area contributed by atoms with Crippen LogP contribution in [0.2, 0.25) is 0 Å². The van der Waals surface area contributed by atoms with E-state index in [1.54, 1.807) is 9.80 Å². The molecule has 2 aromatic rings. The number of benzene rings is 2. The van der Waals surface area contributed by atoms with Crippen molar-refractivity contribution in [2.24, 2.45) is 0 Å². The second kappa shape index (κ2) is 8.98. The Balaban J connectivity index is 1.55. The zero-order valence-electron chi connectivity index (χ0n) is 16.8. The monoisotopic (exact) mass is 406 g/mol. The highest BCUT2D eigenvalue weighted by Gasteiger charge is 2.33. The summed E-state index contributed by atoms with van der Waals surface area (Å²) in [4.78, 5) is 41.2. The first-order valence-corrected chi connectivity index (χ1v) is 10.4. The van der Waals surface area contributed by atoms with Crippen LogP contribution in [0.25, 0.3) is 0 Å². The highest BCUT2D eigenvalue weighted by atomic mass is 16.2. The van der Waals surface area contributed by atoms with E-state index < -0.39 is 18.4 Å². The van der Waals surface area contributed by atoms with Gasteiger partial charge in [-0.1, -0.05) is 60.7 Å². The third kappa shape index (κ3) is 4.30. The van der Waals surface area contributed by atoms with E-state index in [1.807, 2.05) is 60.7 Å². The number of carbonyl (C=O) groups is 3. The smallest absolute Gasteiger partial charge is 0.318 e. The number of amides is 4. The fourth-order valence-corrected chi connectivity index (χ4v) is 4.13. The van der Waals surface area contributed by atoms with Gasteiger partial charge in [0.15, 0.2) is 0 Å². The van der Waals surface area contributed by atoms with Crippen molar-refractivity contribution in [3.05, 3.63) is 71.8 Å². The van der Waals surface area contributed by atoms with Crippen molar-refractivity contribution >= 4 is 17.8 Å². The molecule has 2 aliphatic heterocycles. The molecule has 2 fully saturated rings. The summed E-state index contributed by atoms with van der Waals surface area (Å²) < 4.78 is 0. The summed E-state index contributed by atoms with van der Waals surface area (Å²) in [6, 6.07) is 18.5. The molecule has 2 aromatic carbocycles. The summed E-state index contributed by atoms with van der Waals surface area (Å²) in [6.45, 7) is 1.21. The van der Waals surface area contributed by atoms with Crippen LogP contribution < -0.4 is 10.6 Å². The number of nitrogens with zero attached hydrogens (tertiary/aromatic N) is 2. The molecule has 0 bridgehead atoms. The molecule has 7 nitrogen and oxygen atoms in total. The Morgan fingerprint density at radius 2 is 1.10 bits per heavy atom. The molecule has 156 valence electrons. The van der Waals surface area contributed by atoms with Gasteiger partial charge < -0.3 is 20.4 Å². The van der Waals surface area contributed by atoms with Crippen LogP contribution in [0.1, 0.15) is 49.1 Å². The molecular formula is C23H26N4O3. The van der Waals surface area contributed by atoms with Gasteiger partial charge in [-0.2, -0.15) is 0 Å². The first-order valence-electron chi connectivity index (χ1n) is 10.4. The molecule has 0 saturated carbocycles. The largest absolute Gasteiger partial charge is 0.318 e. The maximum absolute atomic E-state index is 13.0. The van der Waals surface area contributed by atoms with Crippen molar-refractivity contribution in [3.8, 4) is 0 Å². The minimum Gasteiger partial charge on any atom is -0.318 e. The van der Waals surface area contributed by atoms with E-state index in [9.17, 15) is 14.4 Å². The summed E-state index contributed by atoms with van der Waals surface area (Å²) in [6.07, 6.45) is 1.43. The Bertz CT molecular complexity index is 830. The summed E-state index contributed by atoms with van der Waals surface area (Å²) >= 11 is 0. The number of nitrogens with one attached hydrogen (secondary N) is 2. The Labute approximate surface area is 176 Å². The highest BCUT2D eigenvalue weighted by molar-refractivity contribution is 5.82. The summed E-state index contributed by atoms with van der Waals surface area (Å²) in [5, 5.41) is 5.92. The van der Waals surface area contributed by atoms with Gasteiger partial charge in [0.25, 0.3) is 0 Å². The molecule has 2 N–H and O–H groups in total. The standard InChI is InChI=1S/C23H26N4O3/c28-19-13-7-15-26(19)21(17-9-3-1-4-10-17)24-23(30)25-22(18-11-5-2-6-12-18)27-16-8-14-20(27)29/h1-6,9-12,21-22H,7-8,13-16H2,(H2,24,25,30)/t21-,22?/m0/s1. The first-order chi connectivity index (χ1) is 14.6. The zero-order chi connectivity index (χ0) is 20.9. The Morgan fingerprint density at radius 3 is 1.43 bits per heavy atom. The van der Waals surface area contributed by atoms with Crippen molar-refractivity contribution in [2.75, 3.05) is 13.1 Å². The van der Waals surface area contributed by atoms with Crippen LogP contribution in [0.4, 0.5) is 4.79 Å². The van der Waals surface area contributed by atoms with Crippen molar-refractivity contribution < 1.29 is 14.4 Å². The lowest BCUT2D eigenvalue weighted by Gasteiger charge is -2.32. The van der Waals surface area contributed by atoms with Crippen LogP contribution in [0.3, 0.4) is 0 Å². The van der Waals surface area contributed by atoms with Crippen LogP contribution in [-0.2, 0) is 9.59 Å². The lowest BCUT2D eigenvalue weighted by atomic mass is 10.1. The summed E-state index contributed by atoms with van der Waals surface area (Å²) in [5.41, 5.74) is 1.69. The second-order valence-electron chi connectivity index (χ2n) is 7.63. The van der Waals surface area contributed by atoms with Crippen molar-refractivity contribution in [2.45, 2.75) is 38.0 Å². The number of hydrogen-bond donors (Lipinski definition) is 2. The predicted octanol–water partition coefficient (Wildman–Crippen LogP) is 2.93. The third-order valence-electron chi connectivity index (χ3n) is 5.61. The number of hydrogen-bond acceptors (Lipinski definition) is 3. The molecule has 30 heavy (non-hydrogen) atoms. The molecule has 0 aromatic heterocycles. The van der Waals surface area contributed by atoms with Gasteiger partial charge in [-0.3, -0.25) is 9.59 Å². The average molecular weight is 406 g/mol. The molecule has 0 radical (unpaired) electrons. The van der Waals surface area contributed by atoms with E-state index in [0.717, 1.165) is 24.0 Å². The molecule has 4 rings (SSSR count). The molecule has 7 heteroatoms. The number of urea groups is 1. The summed E-state index contributed by atoms with van der Waals surface area (Å²) in [5.74, 6) is 0.0527. The first kappa shape index (κ1) is 19.9. The van der Waals surface area contributed by atoms with Gasteiger partial charge in [0.2, 0.25) is 11.8 Å². The Kier molecular flexibility index (Phi) is 5.97. The average Bonchev–Trinajstić information content (AvgIpc) is 3.39. The molecule has 2 saturated heterocycles. The van der Waals surface area contributed by atoms with Crippen LogP contribution in [0, 0.1) is 0 Å². The molecule has 0 spiro atoms. The molecular weight excluding hydrogens is 380 g/mol. The van der Waals surface area contributed by atoms with E-state index >= 15 is 0 Å². The summed E-state index contributed by atoms with van der Waals surface area (Å²) in [7, 11) is 0. The zero-order valence-corrected chi connectivity index (χ0v) is 16.8. The molecule has 4 amide bonds. The van der Waals surface area contributed by atoms with Gasteiger partial charge in [0.1, 0.15) is 12.3 Å². The normalized spacial score (nSPS) is 18.4. The van der Waals surface area contributed by atoms with Gasteiger partial charge in [-0.15, -0.1) is 0 Å². The van der Waals surface area contributed by atoms with Crippen LogP contribution in [0.15, 0.2) is 60.7 Å². The quantitative estimate of drug-likeness (QED) is 0.774. The maximum Gasteiger partial charge on any atom is 0.318 e. The molecule has 2 aliphatic rings. The van der Waals surface area contributed by atoms with E-state index in [1.165, 1.54) is 0 Å². The predicted molar refractivity (Wildman–Crippen MR) is 112 cm³/mol. The van der Waals surface area contributed by atoms with Crippen LogP contribution in [0.5, 0.6) is 0 Å². The van der Waals surface area contributed by atoms with E-state index in [-0.39, 0.29) is 11.8 Å². The maximum atomic E-state index is 13.0. The SMILES string of the molecule is O=C(NC(c1ccccc1)N1CCCC1=O)N[C@H](c1ccccc1)N1CCCC1=O. The van der Waals surface area contributed by atoms with Crippen molar-refractivity contribution in [1.29, 1.82) is 0 Å². The topological polar surface area (TPSA) is 81.8 Å². The van der Waals surface area contributed by atoms with Crippen LogP contribution >= 0.6 is 0 Å². The second-order valence-corrected chi connectivity index (χ2v) is 7.63.